The third-order valence-corrected chi connectivity index (χ3v) is 2.70. The Labute approximate surface area is 121 Å². The second kappa shape index (κ2) is 6.08. The average molecular weight is 295 g/mol. The maximum absolute atomic E-state index is 12.6. The lowest BCUT2D eigenvalue weighted by atomic mass is 10.2. The maximum Gasteiger partial charge on any atom is 0.416 e. The van der Waals surface area contributed by atoms with E-state index in [1.54, 1.807) is 30.3 Å². The van der Waals surface area contributed by atoms with Gasteiger partial charge in [-0.1, -0.05) is 6.07 Å². The van der Waals surface area contributed by atoms with Crippen LogP contribution in [0.2, 0.25) is 0 Å². The van der Waals surface area contributed by atoms with Crippen LogP contribution in [-0.2, 0) is 6.18 Å². The van der Waals surface area contributed by atoms with E-state index in [0.717, 1.165) is 17.9 Å². The Bertz CT molecular complexity index is 591. The van der Waals surface area contributed by atoms with E-state index >= 15 is 0 Å². The molecule has 1 N–H and O–H groups in total. The second-order valence-electron chi connectivity index (χ2n) is 4.89. The number of alkyl halides is 3. The van der Waals surface area contributed by atoms with Crippen molar-refractivity contribution in [3.63, 3.8) is 0 Å². The van der Waals surface area contributed by atoms with Crippen LogP contribution in [0.25, 0.3) is 0 Å². The first kappa shape index (κ1) is 15.2. The van der Waals surface area contributed by atoms with Crippen LogP contribution >= 0.6 is 0 Å². The fourth-order valence-corrected chi connectivity index (χ4v) is 1.83. The van der Waals surface area contributed by atoms with Gasteiger partial charge in [0.15, 0.2) is 0 Å². The topological polar surface area (TPSA) is 21.3 Å². The van der Waals surface area contributed by atoms with Gasteiger partial charge in [-0.05, 0) is 56.3 Å². The van der Waals surface area contributed by atoms with Crippen molar-refractivity contribution in [1.82, 2.24) is 0 Å². The van der Waals surface area contributed by atoms with Crippen LogP contribution in [-0.4, -0.2) is 6.10 Å². The zero-order valence-corrected chi connectivity index (χ0v) is 11.7. The molecule has 0 saturated heterocycles. The smallest absolute Gasteiger partial charge is 0.416 e. The summed E-state index contributed by atoms with van der Waals surface area (Å²) < 4.78 is 43.4. The molecule has 0 bridgehead atoms. The minimum absolute atomic E-state index is 0.0762. The number of nitrogens with one attached hydrogen (secondary N) is 1. The summed E-state index contributed by atoms with van der Waals surface area (Å²) in [6.45, 7) is 3.85. The Kier molecular flexibility index (Phi) is 4.40. The van der Waals surface area contributed by atoms with Crippen LogP contribution in [0.3, 0.4) is 0 Å². The van der Waals surface area contributed by atoms with Crippen LogP contribution in [0.15, 0.2) is 48.5 Å². The van der Waals surface area contributed by atoms with Crippen molar-refractivity contribution < 1.29 is 17.9 Å². The zero-order valence-electron chi connectivity index (χ0n) is 11.7. The van der Waals surface area contributed by atoms with E-state index in [9.17, 15) is 13.2 Å². The summed E-state index contributed by atoms with van der Waals surface area (Å²) in [6, 6.07) is 12.2. The van der Waals surface area contributed by atoms with Crippen molar-refractivity contribution in [2.75, 3.05) is 5.32 Å². The Morgan fingerprint density at radius 1 is 0.952 bits per heavy atom. The van der Waals surface area contributed by atoms with Crippen LogP contribution in [0.4, 0.5) is 24.5 Å². The molecule has 0 spiro atoms. The first-order chi connectivity index (χ1) is 9.84. The predicted octanol–water partition coefficient (Wildman–Crippen LogP) is 5.24. The van der Waals surface area contributed by atoms with Crippen molar-refractivity contribution in [1.29, 1.82) is 0 Å². The third kappa shape index (κ3) is 4.41. The quantitative estimate of drug-likeness (QED) is 0.833. The molecule has 0 fully saturated rings. The number of rotatable bonds is 4. The van der Waals surface area contributed by atoms with Gasteiger partial charge in [0.1, 0.15) is 5.75 Å². The molecule has 0 aliphatic rings. The Balaban J connectivity index is 2.11. The van der Waals surface area contributed by atoms with Gasteiger partial charge in [-0.15, -0.1) is 0 Å². The summed E-state index contributed by atoms with van der Waals surface area (Å²) in [5.41, 5.74) is 0.417. The molecule has 112 valence electrons. The fourth-order valence-electron chi connectivity index (χ4n) is 1.83. The highest BCUT2D eigenvalue weighted by Crippen LogP contribution is 2.31. The molecule has 21 heavy (non-hydrogen) atoms. The normalized spacial score (nSPS) is 11.5. The van der Waals surface area contributed by atoms with Crippen molar-refractivity contribution in [3.8, 4) is 5.75 Å². The summed E-state index contributed by atoms with van der Waals surface area (Å²) in [4.78, 5) is 0. The molecule has 2 rings (SSSR count). The molecule has 0 unspecified atom stereocenters. The van der Waals surface area contributed by atoms with Gasteiger partial charge in [-0.2, -0.15) is 13.2 Å². The van der Waals surface area contributed by atoms with Gasteiger partial charge in [0, 0.05) is 11.4 Å². The molecule has 0 heterocycles. The Morgan fingerprint density at radius 3 is 2.19 bits per heavy atom. The molecule has 0 aliphatic carbocycles. The van der Waals surface area contributed by atoms with E-state index in [0.29, 0.717) is 11.4 Å². The van der Waals surface area contributed by atoms with E-state index < -0.39 is 11.7 Å². The molecule has 0 aromatic heterocycles. The van der Waals surface area contributed by atoms with Gasteiger partial charge in [-0.25, -0.2) is 0 Å². The lowest BCUT2D eigenvalue weighted by Crippen LogP contribution is -2.05. The van der Waals surface area contributed by atoms with Gasteiger partial charge < -0.3 is 10.1 Å². The van der Waals surface area contributed by atoms with Gasteiger partial charge in [0.05, 0.1) is 11.7 Å². The van der Waals surface area contributed by atoms with Gasteiger partial charge in [0.25, 0.3) is 0 Å². The summed E-state index contributed by atoms with van der Waals surface area (Å²) in [5, 5.41) is 2.94. The SMILES string of the molecule is CC(C)Oc1ccc(Nc2cccc(C(F)(F)F)c2)cc1. The lowest BCUT2D eigenvalue weighted by molar-refractivity contribution is -0.137. The standard InChI is InChI=1S/C16H16F3NO/c1-11(2)21-15-8-6-13(7-9-15)20-14-5-3-4-12(10-14)16(17,18)19/h3-11,20H,1-2H3. The highest BCUT2D eigenvalue weighted by atomic mass is 19.4. The molecule has 0 atom stereocenters. The first-order valence-corrected chi connectivity index (χ1v) is 6.55. The van der Waals surface area contributed by atoms with E-state index in [1.165, 1.54) is 6.07 Å². The van der Waals surface area contributed by atoms with Crippen LogP contribution < -0.4 is 10.1 Å². The van der Waals surface area contributed by atoms with Crippen LogP contribution in [0.1, 0.15) is 19.4 Å². The monoisotopic (exact) mass is 295 g/mol. The number of ether oxygens (including phenoxy) is 1. The second-order valence-corrected chi connectivity index (χ2v) is 4.89. The number of hydrogen-bond acceptors (Lipinski definition) is 2. The van der Waals surface area contributed by atoms with E-state index in [-0.39, 0.29) is 6.10 Å². The predicted molar refractivity (Wildman–Crippen MR) is 76.9 cm³/mol. The van der Waals surface area contributed by atoms with Crippen molar-refractivity contribution in [3.05, 3.63) is 54.1 Å². The van der Waals surface area contributed by atoms with Crippen LogP contribution in [0.5, 0.6) is 5.75 Å². The highest BCUT2D eigenvalue weighted by molar-refractivity contribution is 5.61. The summed E-state index contributed by atoms with van der Waals surface area (Å²) >= 11 is 0. The summed E-state index contributed by atoms with van der Waals surface area (Å²) in [5.74, 6) is 0.722. The lowest BCUT2D eigenvalue weighted by Gasteiger charge is -2.12. The maximum atomic E-state index is 12.6. The first-order valence-electron chi connectivity index (χ1n) is 6.55. The molecular formula is C16H16F3NO. The Morgan fingerprint density at radius 2 is 1.62 bits per heavy atom. The molecule has 0 saturated carbocycles. The molecule has 2 nitrogen and oxygen atoms in total. The van der Waals surface area contributed by atoms with E-state index in [4.69, 9.17) is 4.74 Å². The zero-order chi connectivity index (χ0) is 15.5. The molecule has 2 aromatic carbocycles. The number of anilines is 2. The van der Waals surface area contributed by atoms with E-state index in [1.807, 2.05) is 13.8 Å². The molecule has 5 heteroatoms. The van der Waals surface area contributed by atoms with E-state index in [2.05, 4.69) is 5.32 Å². The van der Waals surface area contributed by atoms with Crippen LogP contribution in [0, 0.1) is 0 Å². The van der Waals surface area contributed by atoms with Crippen molar-refractivity contribution in [2.24, 2.45) is 0 Å². The Hall–Kier alpha value is -2.17. The van der Waals surface area contributed by atoms with Gasteiger partial charge in [0.2, 0.25) is 0 Å². The summed E-state index contributed by atoms with van der Waals surface area (Å²) in [7, 11) is 0. The largest absolute Gasteiger partial charge is 0.491 e. The third-order valence-electron chi connectivity index (χ3n) is 2.70. The number of halogens is 3. The van der Waals surface area contributed by atoms with Crippen molar-refractivity contribution >= 4 is 11.4 Å². The minimum Gasteiger partial charge on any atom is -0.491 e. The number of benzene rings is 2. The minimum atomic E-state index is -4.34. The average Bonchev–Trinajstić information content (AvgIpc) is 2.40. The molecule has 2 aromatic rings. The molecule has 0 amide bonds. The van der Waals surface area contributed by atoms with Crippen molar-refractivity contribution in [2.45, 2.75) is 26.1 Å². The van der Waals surface area contributed by atoms with Gasteiger partial charge in [-0.3, -0.25) is 0 Å². The number of hydrogen-bond donors (Lipinski definition) is 1. The van der Waals surface area contributed by atoms with Gasteiger partial charge >= 0.3 is 6.18 Å². The molecule has 0 radical (unpaired) electrons. The fraction of sp³-hybridized carbons (Fsp3) is 0.250. The highest BCUT2D eigenvalue weighted by Gasteiger charge is 2.30. The summed E-state index contributed by atoms with van der Waals surface area (Å²) in [6.07, 6.45) is -4.26. The molecule has 0 aliphatic heterocycles. The molecular weight excluding hydrogens is 279 g/mol.